The molecule has 0 bridgehead atoms. The average Bonchev–Trinajstić information content (AvgIpc) is 2.47. The Morgan fingerprint density at radius 2 is 2.00 bits per heavy atom. The molecule has 1 aliphatic rings. The van der Waals surface area contributed by atoms with Crippen molar-refractivity contribution in [1.29, 1.82) is 0 Å². The fourth-order valence-electron chi connectivity index (χ4n) is 2.56. The van der Waals surface area contributed by atoms with Gasteiger partial charge in [0.2, 0.25) is 0 Å². The second-order valence-electron chi connectivity index (χ2n) is 5.18. The number of hydrogen-bond donors (Lipinski definition) is 1. The fourth-order valence-corrected chi connectivity index (χ4v) is 2.83. The van der Waals surface area contributed by atoms with Gasteiger partial charge in [-0.3, -0.25) is 0 Å². The second-order valence-corrected chi connectivity index (χ2v) is 5.62. The van der Waals surface area contributed by atoms with Crippen molar-refractivity contribution < 1.29 is 4.74 Å². The monoisotopic (exact) mass is 287 g/mol. The number of rotatable bonds is 2. The van der Waals surface area contributed by atoms with Crippen LogP contribution in [0.5, 0.6) is 5.75 Å². The van der Waals surface area contributed by atoms with Gasteiger partial charge in [-0.2, -0.15) is 0 Å². The Labute approximate surface area is 124 Å². The fraction of sp³-hybridized carbons (Fsp3) is 0.294. The van der Waals surface area contributed by atoms with E-state index in [4.69, 9.17) is 16.3 Å². The number of benzene rings is 2. The van der Waals surface area contributed by atoms with Crippen molar-refractivity contribution in [3.05, 3.63) is 58.1 Å². The van der Waals surface area contributed by atoms with Crippen molar-refractivity contribution in [2.24, 2.45) is 0 Å². The lowest BCUT2D eigenvalue weighted by Gasteiger charge is -2.29. The van der Waals surface area contributed by atoms with E-state index in [1.807, 2.05) is 19.1 Å². The van der Waals surface area contributed by atoms with Gasteiger partial charge in [-0.15, -0.1) is 0 Å². The maximum absolute atomic E-state index is 6.16. The molecule has 3 rings (SSSR count). The third kappa shape index (κ3) is 2.48. The summed E-state index contributed by atoms with van der Waals surface area (Å²) in [6.45, 7) is 4.95. The molecular formula is C17H18ClNO. The van der Waals surface area contributed by atoms with Gasteiger partial charge in [0.1, 0.15) is 11.9 Å². The third-order valence-electron chi connectivity index (χ3n) is 3.74. The highest BCUT2D eigenvalue weighted by molar-refractivity contribution is 6.31. The number of hydrogen-bond acceptors (Lipinski definition) is 2. The van der Waals surface area contributed by atoms with E-state index in [0.29, 0.717) is 0 Å². The number of ether oxygens (including phenoxy) is 1. The summed E-state index contributed by atoms with van der Waals surface area (Å²) in [6, 6.07) is 12.5. The quantitative estimate of drug-likeness (QED) is 0.860. The third-order valence-corrected chi connectivity index (χ3v) is 3.96. The Balaban J connectivity index is 1.87. The van der Waals surface area contributed by atoms with Crippen LogP contribution in [-0.4, -0.2) is 6.54 Å². The molecule has 104 valence electrons. The van der Waals surface area contributed by atoms with Crippen molar-refractivity contribution in [3.63, 3.8) is 0 Å². The number of anilines is 1. The second kappa shape index (κ2) is 5.37. The number of fused-ring (bicyclic) bond motifs is 1. The minimum absolute atomic E-state index is 0.0493. The van der Waals surface area contributed by atoms with Crippen LogP contribution in [0.1, 0.15) is 29.7 Å². The molecule has 0 aromatic heterocycles. The van der Waals surface area contributed by atoms with Gasteiger partial charge in [0, 0.05) is 5.02 Å². The van der Waals surface area contributed by atoms with E-state index in [2.05, 4.69) is 36.5 Å². The minimum Gasteiger partial charge on any atom is -0.481 e. The molecule has 1 N–H and O–H groups in total. The Morgan fingerprint density at radius 1 is 1.25 bits per heavy atom. The summed E-state index contributed by atoms with van der Waals surface area (Å²) in [5, 5.41) is 4.15. The smallest absolute Gasteiger partial charge is 0.146 e. The summed E-state index contributed by atoms with van der Waals surface area (Å²) in [6.07, 6.45) is 1.11. The lowest BCUT2D eigenvalue weighted by atomic mass is 10.0. The van der Waals surface area contributed by atoms with Crippen LogP contribution in [0.25, 0.3) is 0 Å². The molecule has 0 fully saturated rings. The molecule has 1 heterocycles. The molecule has 3 heteroatoms. The molecule has 2 aromatic rings. The van der Waals surface area contributed by atoms with Crippen LogP contribution < -0.4 is 10.1 Å². The standard InChI is InChI=1S/C17H18ClNO/c1-3-12-4-6-13(7-5-12)16-10-19-15-9-14(18)8-11(2)17(15)20-16/h4-9,16,19H,3,10H2,1-2H3. The highest BCUT2D eigenvalue weighted by Crippen LogP contribution is 2.38. The summed E-state index contributed by atoms with van der Waals surface area (Å²) in [5.74, 6) is 0.908. The molecule has 0 aliphatic carbocycles. The van der Waals surface area contributed by atoms with E-state index >= 15 is 0 Å². The van der Waals surface area contributed by atoms with Crippen molar-refractivity contribution >= 4 is 17.3 Å². The molecule has 2 nitrogen and oxygen atoms in total. The summed E-state index contributed by atoms with van der Waals surface area (Å²) in [4.78, 5) is 0. The first-order valence-electron chi connectivity index (χ1n) is 6.97. The average molecular weight is 288 g/mol. The van der Waals surface area contributed by atoms with Crippen LogP contribution in [-0.2, 0) is 6.42 Å². The van der Waals surface area contributed by atoms with Crippen LogP contribution in [0, 0.1) is 6.92 Å². The van der Waals surface area contributed by atoms with Crippen LogP contribution in [0.4, 0.5) is 5.69 Å². The SMILES string of the molecule is CCc1ccc(C2CNc3cc(Cl)cc(C)c3O2)cc1. The molecule has 2 aromatic carbocycles. The molecule has 1 atom stereocenters. The Kier molecular flexibility index (Phi) is 3.58. The maximum Gasteiger partial charge on any atom is 0.146 e. The van der Waals surface area contributed by atoms with Gasteiger partial charge in [0.05, 0.1) is 12.2 Å². The Morgan fingerprint density at radius 3 is 2.70 bits per heavy atom. The molecule has 1 aliphatic heterocycles. The predicted octanol–water partition coefficient (Wildman–Crippen LogP) is 4.76. The maximum atomic E-state index is 6.16. The molecular weight excluding hydrogens is 270 g/mol. The molecule has 20 heavy (non-hydrogen) atoms. The minimum atomic E-state index is 0.0493. The largest absolute Gasteiger partial charge is 0.481 e. The van der Waals surface area contributed by atoms with Crippen LogP contribution in [0.3, 0.4) is 0 Å². The zero-order chi connectivity index (χ0) is 14.1. The van der Waals surface area contributed by atoms with E-state index in [1.165, 1.54) is 11.1 Å². The summed E-state index contributed by atoms with van der Waals surface area (Å²) in [5.41, 5.74) is 4.60. The van der Waals surface area contributed by atoms with Crippen LogP contribution in [0.15, 0.2) is 36.4 Å². The molecule has 0 spiro atoms. The van der Waals surface area contributed by atoms with E-state index in [-0.39, 0.29) is 6.10 Å². The number of nitrogens with one attached hydrogen (secondary N) is 1. The van der Waals surface area contributed by atoms with E-state index in [0.717, 1.165) is 35.0 Å². The highest BCUT2D eigenvalue weighted by atomic mass is 35.5. The van der Waals surface area contributed by atoms with Gasteiger partial charge in [0.25, 0.3) is 0 Å². The summed E-state index contributed by atoms with van der Waals surface area (Å²) >= 11 is 6.07. The van der Waals surface area contributed by atoms with Gasteiger partial charge in [-0.25, -0.2) is 0 Å². The Bertz CT molecular complexity index is 622. The topological polar surface area (TPSA) is 21.3 Å². The predicted molar refractivity (Wildman–Crippen MR) is 83.9 cm³/mol. The molecule has 1 unspecified atom stereocenters. The van der Waals surface area contributed by atoms with Gasteiger partial charge < -0.3 is 10.1 Å². The summed E-state index contributed by atoms with van der Waals surface area (Å²) < 4.78 is 6.16. The van der Waals surface area contributed by atoms with E-state index in [9.17, 15) is 0 Å². The van der Waals surface area contributed by atoms with Crippen molar-refractivity contribution in [1.82, 2.24) is 0 Å². The van der Waals surface area contributed by atoms with Gasteiger partial charge in [-0.1, -0.05) is 42.8 Å². The first-order valence-corrected chi connectivity index (χ1v) is 7.34. The number of aryl methyl sites for hydroxylation is 2. The first-order chi connectivity index (χ1) is 9.67. The Hall–Kier alpha value is -1.67. The van der Waals surface area contributed by atoms with Crippen LogP contribution in [0.2, 0.25) is 5.02 Å². The zero-order valence-electron chi connectivity index (χ0n) is 11.7. The van der Waals surface area contributed by atoms with Gasteiger partial charge in [-0.05, 0) is 42.2 Å². The normalized spacial score (nSPS) is 17.1. The summed E-state index contributed by atoms with van der Waals surface area (Å²) in [7, 11) is 0. The first kappa shape index (κ1) is 13.3. The molecule has 0 amide bonds. The molecule has 0 saturated carbocycles. The van der Waals surface area contributed by atoms with Crippen molar-refractivity contribution in [2.45, 2.75) is 26.4 Å². The molecule has 0 radical (unpaired) electrons. The lowest BCUT2D eigenvalue weighted by molar-refractivity contribution is 0.209. The molecule has 0 saturated heterocycles. The zero-order valence-corrected chi connectivity index (χ0v) is 12.5. The van der Waals surface area contributed by atoms with Crippen molar-refractivity contribution in [3.8, 4) is 5.75 Å². The van der Waals surface area contributed by atoms with E-state index in [1.54, 1.807) is 0 Å². The lowest BCUT2D eigenvalue weighted by Crippen LogP contribution is -2.24. The van der Waals surface area contributed by atoms with Crippen molar-refractivity contribution in [2.75, 3.05) is 11.9 Å². The van der Waals surface area contributed by atoms with Crippen LogP contribution >= 0.6 is 11.6 Å². The van der Waals surface area contributed by atoms with Gasteiger partial charge in [0.15, 0.2) is 0 Å². The highest BCUT2D eigenvalue weighted by Gasteiger charge is 2.22. The number of halogens is 1. The van der Waals surface area contributed by atoms with Gasteiger partial charge >= 0.3 is 0 Å². The van der Waals surface area contributed by atoms with E-state index < -0.39 is 0 Å².